The van der Waals surface area contributed by atoms with Crippen LogP contribution in [0.4, 0.5) is 0 Å². The van der Waals surface area contributed by atoms with Crippen LogP contribution >= 0.6 is 0 Å². The van der Waals surface area contributed by atoms with Crippen LogP contribution in [0, 0.1) is 6.92 Å². The van der Waals surface area contributed by atoms with Crippen LogP contribution in [0.5, 0.6) is 11.5 Å². The molecule has 0 bridgehead atoms. The SMILES string of the molecule is Cc1ccc(S(=O)(=O)O[C@@H](C)Cc2ccc(O)c(O)c2)cc1. The van der Waals surface area contributed by atoms with Crippen LogP contribution in [0.1, 0.15) is 18.1 Å². The Bertz CT molecular complexity index is 751. The highest BCUT2D eigenvalue weighted by Crippen LogP contribution is 2.26. The largest absolute Gasteiger partial charge is 0.504 e. The van der Waals surface area contributed by atoms with Gasteiger partial charge in [0.25, 0.3) is 10.1 Å². The molecule has 118 valence electrons. The summed E-state index contributed by atoms with van der Waals surface area (Å²) < 4.78 is 29.5. The van der Waals surface area contributed by atoms with Gasteiger partial charge in [-0.1, -0.05) is 23.8 Å². The zero-order valence-corrected chi connectivity index (χ0v) is 13.2. The Morgan fingerprint density at radius 1 is 1.05 bits per heavy atom. The van der Waals surface area contributed by atoms with Gasteiger partial charge in [-0.15, -0.1) is 0 Å². The topological polar surface area (TPSA) is 83.8 Å². The smallest absolute Gasteiger partial charge is 0.297 e. The summed E-state index contributed by atoms with van der Waals surface area (Å²) in [6.45, 7) is 3.51. The van der Waals surface area contributed by atoms with E-state index in [2.05, 4.69) is 0 Å². The summed E-state index contributed by atoms with van der Waals surface area (Å²) in [4.78, 5) is 0.110. The summed E-state index contributed by atoms with van der Waals surface area (Å²) in [5, 5.41) is 18.7. The van der Waals surface area contributed by atoms with Crippen LogP contribution in [0.15, 0.2) is 47.4 Å². The second-order valence-corrected chi connectivity index (χ2v) is 6.77. The van der Waals surface area contributed by atoms with Gasteiger partial charge in [-0.05, 0) is 50.1 Å². The van der Waals surface area contributed by atoms with Gasteiger partial charge in [0, 0.05) is 0 Å². The molecule has 0 aliphatic rings. The number of aromatic hydroxyl groups is 2. The first-order valence-corrected chi connectivity index (χ1v) is 8.19. The first-order chi connectivity index (χ1) is 10.3. The van der Waals surface area contributed by atoms with Crippen molar-refractivity contribution in [3.63, 3.8) is 0 Å². The molecule has 0 saturated carbocycles. The molecule has 2 aromatic carbocycles. The Morgan fingerprint density at radius 2 is 1.68 bits per heavy atom. The minimum absolute atomic E-state index is 0.110. The maximum absolute atomic E-state index is 12.2. The number of phenolic OH excluding ortho intramolecular Hbond substituents is 2. The van der Waals surface area contributed by atoms with E-state index in [-0.39, 0.29) is 16.4 Å². The average Bonchev–Trinajstić information content (AvgIpc) is 2.42. The van der Waals surface area contributed by atoms with Gasteiger partial charge in [0.1, 0.15) is 0 Å². The summed E-state index contributed by atoms with van der Waals surface area (Å²) in [6.07, 6.45) is -0.311. The van der Waals surface area contributed by atoms with Gasteiger partial charge in [-0.3, -0.25) is 4.18 Å². The lowest BCUT2D eigenvalue weighted by molar-refractivity contribution is 0.229. The molecule has 0 aliphatic carbocycles. The van der Waals surface area contributed by atoms with Crippen molar-refractivity contribution >= 4 is 10.1 Å². The highest BCUT2D eigenvalue weighted by atomic mass is 32.2. The van der Waals surface area contributed by atoms with Gasteiger partial charge >= 0.3 is 0 Å². The zero-order valence-electron chi connectivity index (χ0n) is 12.4. The van der Waals surface area contributed by atoms with Crippen LogP contribution in [-0.2, 0) is 20.7 Å². The fourth-order valence-electron chi connectivity index (χ4n) is 2.04. The van der Waals surface area contributed by atoms with Gasteiger partial charge in [0.2, 0.25) is 0 Å². The second kappa shape index (κ2) is 6.37. The van der Waals surface area contributed by atoms with Crippen LogP contribution in [0.2, 0.25) is 0 Å². The van der Waals surface area contributed by atoms with E-state index in [9.17, 15) is 18.6 Å². The Kier molecular flexibility index (Phi) is 4.73. The molecule has 0 unspecified atom stereocenters. The third-order valence-electron chi connectivity index (χ3n) is 3.16. The maximum atomic E-state index is 12.2. The van der Waals surface area contributed by atoms with E-state index >= 15 is 0 Å². The lowest BCUT2D eigenvalue weighted by atomic mass is 10.1. The maximum Gasteiger partial charge on any atom is 0.297 e. The van der Waals surface area contributed by atoms with Gasteiger partial charge < -0.3 is 10.2 Å². The molecule has 6 heteroatoms. The molecule has 2 aromatic rings. The molecule has 0 heterocycles. The third-order valence-corrected chi connectivity index (χ3v) is 4.59. The Labute approximate surface area is 129 Å². The molecule has 0 aromatic heterocycles. The quantitative estimate of drug-likeness (QED) is 0.653. The average molecular weight is 322 g/mol. The van der Waals surface area contributed by atoms with E-state index in [1.807, 2.05) is 6.92 Å². The van der Waals surface area contributed by atoms with E-state index in [1.54, 1.807) is 25.1 Å². The van der Waals surface area contributed by atoms with Crippen molar-refractivity contribution in [2.75, 3.05) is 0 Å². The fourth-order valence-corrected chi connectivity index (χ4v) is 3.12. The summed E-state index contributed by atoms with van der Waals surface area (Å²) in [6, 6.07) is 10.8. The summed E-state index contributed by atoms with van der Waals surface area (Å²) in [5.41, 5.74) is 1.63. The predicted molar refractivity (Wildman–Crippen MR) is 82.4 cm³/mol. The summed E-state index contributed by atoms with van der Waals surface area (Å²) in [7, 11) is -3.83. The molecular formula is C16H18O5S. The minimum Gasteiger partial charge on any atom is -0.504 e. The monoisotopic (exact) mass is 322 g/mol. The van der Waals surface area contributed by atoms with Crippen LogP contribution in [-0.4, -0.2) is 24.7 Å². The van der Waals surface area contributed by atoms with Crippen molar-refractivity contribution < 1.29 is 22.8 Å². The summed E-state index contributed by atoms with van der Waals surface area (Å²) in [5.74, 6) is -0.462. The fraction of sp³-hybridized carbons (Fsp3) is 0.250. The van der Waals surface area contributed by atoms with Crippen molar-refractivity contribution in [1.29, 1.82) is 0 Å². The van der Waals surface area contributed by atoms with E-state index in [0.717, 1.165) is 5.56 Å². The molecule has 0 aliphatic heterocycles. The van der Waals surface area contributed by atoms with Crippen LogP contribution in [0.25, 0.3) is 0 Å². The number of benzene rings is 2. The van der Waals surface area contributed by atoms with Gasteiger partial charge in [0.15, 0.2) is 11.5 Å². The zero-order chi connectivity index (χ0) is 16.3. The highest BCUT2D eigenvalue weighted by Gasteiger charge is 2.19. The second-order valence-electron chi connectivity index (χ2n) is 5.20. The molecule has 5 nitrogen and oxygen atoms in total. The van der Waals surface area contributed by atoms with Crippen molar-refractivity contribution in [3.8, 4) is 11.5 Å². The number of rotatable bonds is 5. The standard InChI is InChI=1S/C16H18O5S/c1-11-3-6-14(7-4-11)22(19,20)21-12(2)9-13-5-8-15(17)16(18)10-13/h3-8,10,12,17-18H,9H2,1-2H3/t12-/m0/s1. The first kappa shape index (κ1) is 16.3. The summed E-state index contributed by atoms with van der Waals surface area (Å²) >= 11 is 0. The molecule has 0 amide bonds. The van der Waals surface area contributed by atoms with Crippen LogP contribution in [0.3, 0.4) is 0 Å². The van der Waals surface area contributed by atoms with Crippen molar-refractivity contribution in [1.82, 2.24) is 0 Å². The molecule has 2 N–H and O–H groups in total. The normalized spacial score (nSPS) is 13.0. The Morgan fingerprint density at radius 3 is 2.27 bits per heavy atom. The minimum atomic E-state index is -3.83. The van der Waals surface area contributed by atoms with E-state index in [4.69, 9.17) is 4.18 Å². The lowest BCUT2D eigenvalue weighted by Gasteiger charge is -2.13. The highest BCUT2D eigenvalue weighted by molar-refractivity contribution is 7.86. The molecule has 0 spiro atoms. The van der Waals surface area contributed by atoms with Gasteiger partial charge in [-0.25, -0.2) is 0 Å². The molecule has 2 rings (SSSR count). The van der Waals surface area contributed by atoms with Crippen molar-refractivity contribution in [3.05, 3.63) is 53.6 Å². The molecule has 22 heavy (non-hydrogen) atoms. The Balaban J connectivity index is 2.08. The molecular weight excluding hydrogens is 304 g/mol. The molecule has 0 saturated heterocycles. The Hall–Kier alpha value is -2.05. The number of hydrogen-bond donors (Lipinski definition) is 2. The van der Waals surface area contributed by atoms with Crippen molar-refractivity contribution in [2.24, 2.45) is 0 Å². The molecule has 1 atom stereocenters. The van der Waals surface area contributed by atoms with E-state index in [1.165, 1.54) is 24.3 Å². The van der Waals surface area contributed by atoms with Gasteiger partial charge in [-0.2, -0.15) is 8.42 Å². The third kappa shape index (κ3) is 3.99. The van der Waals surface area contributed by atoms with E-state index < -0.39 is 16.2 Å². The molecule has 0 radical (unpaired) electrons. The van der Waals surface area contributed by atoms with Gasteiger partial charge in [0.05, 0.1) is 11.0 Å². The number of phenols is 2. The molecule has 0 fully saturated rings. The number of hydrogen-bond acceptors (Lipinski definition) is 5. The number of aryl methyl sites for hydroxylation is 1. The lowest BCUT2D eigenvalue weighted by Crippen LogP contribution is -2.17. The van der Waals surface area contributed by atoms with E-state index in [0.29, 0.717) is 12.0 Å². The first-order valence-electron chi connectivity index (χ1n) is 6.79. The van der Waals surface area contributed by atoms with Crippen LogP contribution < -0.4 is 0 Å². The van der Waals surface area contributed by atoms with Crippen molar-refractivity contribution in [2.45, 2.75) is 31.3 Å². The predicted octanol–water partition coefficient (Wildman–Crippen LogP) is 2.74.